The third-order valence-electron chi connectivity index (χ3n) is 1.87. The molecule has 0 saturated carbocycles. The number of nitrogens with two attached hydrogens (primary N) is 1. The molecular formula is C8H10N4. The SMILES string of the molecule is Cc1nc(C)c2ccn(N)c2n1. The predicted octanol–water partition coefficient (Wildman–Crippen LogP) is 0.762. The van der Waals surface area contributed by atoms with E-state index in [1.807, 2.05) is 19.9 Å². The summed E-state index contributed by atoms with van der Waals surface area (Å²) in [5.41, 5.74) is 1.77. The quantitative estimate of drug-likeness (QED) is 0.582. The van der Waals surface area contributed by atoms with Crippen LogP contribution >= 0.6 is 0 Å². The van der Waals surface area contributed by atoms with Crippen LogP contribution in [0.3, 0.4) is 0 Å². The van der Waals surface area contributed by atoms with Gasteiger partial charge in [0.2, 0.25) is 0 Å². The fourth-order valence-electron chi connectivity index (χ4n) is 1.32. The van der Waals surface area contributed by atoms with Gasteiger partial charge in [-0.15, -0.1) is 0 Å². The standard InChI is InChI=1S/C8H10N4/c1-5-7-3-4-12(9)8(7)11-6(2)10-5/h3-4H,9H2,1-2H3. The molecule has 0 aliphatic rings. The summed E-state index contributed by atoms with van der Waals surface area (Å²) < 4.78 is 1.51. The molecule has 2 N–H and O–H groups in total. The Bertz CT molecular complexity index is 430. The molecule has 0 spiro atoms. The molecule has 2 heterocycles. The number of rotatable bonds is 0. The van der Waals surface area contributed by atoms with Crippen molar-refractivity contribution in [3.63, 3.8) is 0 Å². The average molecular weight is 162 g/mol. The maximum atomic E-state index is 5.64. The van der Waals surface area contributed by atoms with E-state index in [2.05, 4.69) is 9.97 Å². The highest BCUT2D eigenvalue weighted by Crippen LogP contribution is 2.13. The molecule has 0 amide bonds. The van der Waals surface area contributed by atoms with Gasteiger partial charge in [0.05, 0.1) is 5.69 Å². The van der Waals surface area contributed by atoms with E-state index >= 15 is 0 Å². The summed E-state index contributed by atoms with van der Waals surface area (Å²) in [4.78, 5) is 8.46. The maximum absolute atomic E-state index is 5.64. The zero-order valence-corrected chi connectivity index (χ0v) is 7.07. The van der Waals surface area contributed by atoms with Crippen LogP contribution in [-0.4, -0.2) is 14.6 Å². The molecule has 0 radical (unpaired) electrons. The molecule has 0 fully saturated rings. The summed E-state index contributed by atoms with van der Waals surface area (Å²) in [6.07, 6.45) is 1.78. The molecular weight excluding hydrogens is 152 g/mol. The van der Waals surface area contributed by atoms with Gasteiger partial charge < -0.3 is 5.84 Å². The van der Waals surface area contributed by atoms with Gasteiger partial charge in [-0.1, -0.05) is 0 Å². The molecule has 0 aliphatic carbocycles. The Kier molecular flexibility index (Phi) is 1.30. The number of fused-ring (bicyclic) bond motifs is 1. The van der Waals surface area contributed by atoms with E-state index < -0.39 is 0 Å². The van der Waals surface area contributed by atoms with Crippen molar-refractivity contribution in [3.05, 3.63) is 23.8 Å². The highest BCUT2D eigenvalue weighted by atomic mass is 15.3. The zero-order valence-electron chi connectivity index (χ0n) is 7.07. The minimum atomic E-state index is 0.755. The van der Waals surface area contributed by atoms with Crippen LogP contribution < -0.4 is 5.84 Å². The van der Waals surface area contributed by atoms with Crippen molar-refractivity contribution in [2.24, 2.45) is 0 Å². The lowest BCUT2D eigenvalue weighted by atomic mass is 10.3. The van der Waals surface area contributed by atoms with Crippen LogP contribution in [-0.2, 0) is 0 Å². The third-order valence-corrected chi connectivity index (χ3v) is 1.87. The number of hydrogen-bond acceptors (Lipinski definition) is 3. The van der Waals surface area contributed by atoms with Gasteiger partial charge in [0.1, 0.15) is 5.82 Å². The Morgan fingerprint density at radius 3 is 2.83 bits per heavy atom. The van der Waals surface area contributed by atoms with Gasteiger partial charge >= 0.3 is 0 Å². The first-order valence-corrected chi connectivity index (χ1v) is 3.76. The lowest BCUT2D eigenvalue weighted by Crippen LogP contribution is -2.07. The van der Waals surface area contributed by atoms with E-state index in [0.717, 1.165) is 22.6 Å². The van der Waals surface area contributed by atoms with Crippen LogP contribution in [0.1, 0.15) is 11.5 Å². The Morgan fingerprint density at radius 2 is 2.08 bits per heavy atom. The van der Waals surface area contributed by atoms with Gasteiger partial charge in [-0.05, 0) is 19.9 Å². The van der Waals surface area contributed by atoms with Gasteiger partial charge in [0.15, 0.2) is 5.65 Å². The van der Waals surface area contributed by atoms with Gasteiger partial charge in [-0.25, -0.2) is 9.97 Å². The van der Waals surface area contributed by atoms with Crippen LogP contribution in [0, 0.1) is 13.8 Å². The van der Waals surface area contributed by atoms with Crippen molar-refractivity contribution in [3.8, 4) is 0 Å². The Hall–Kier alpha value is -1.58. The van der Waals surface area contributed by atoms with Crippen LogP contribution in [0.25, 0.3) is 11.0 Å². The van der Waals surface area contributed by atoms with Crippen LogP contribution in [0.15, 0.2) is 12.3 Å². The summed E-state index contributed by atoms with van der Waals surface area (Å²) in [6.45, 7) is 3.82. The van der Waals surface area contributed by atoms with Gasteiger partial charge in [0.25, 0.3) is 0 Å². The predicted molar refractivity (Wildman–Crippen MR) is 47.2 cm³/mol. The fourth-order valence-corrected chi connectivity index (χ4v) is 1.32. The first kappa shape index (κ1) is 7.09. The molecule has 4 heteroatoms. The maximum Gasteiger partial charge on any atom is 0.162 e. The first-order chi connectivity index (χ1) is 5.68. The van der Waals surface area contributed by atoms with E-state index in [1.54, 1.807) is 6.20 Å². The summed E-state index contributed by atoms with van der Waals surface area (Å²) >= 11 is 0. The Labute approximate surface area is 70.0 Å². The smallest absolute Gasteiger partial charge is 0.162 e. The Morgan fingerprint density at radius 1 is 1.33 bits per heavy atom. The lowest BCUT2D eigenvalue weighted by molar-refractivity contribution is 0.985. The fraction of sp³-hybridized carbons (Fsp3) is 0.250. The molecule has 62 valence electrons. The minimum Gasteiger partial charge on any atom is -0.338 e. The molecule has 0 aromatic carbocycles. The largest absolute Gasteiger partial charge is 0.338 e. The van der Waals surface area contributed by atoms with Crippen LogP contribution in [0.5, 0.6) is 0 Å². The summed E-state index contributed by atoms with van der Waals surface area (Å²) in [6, 6.07) is 1.92. The zero-order chi connectivity index (χ0) is 8.72. The van der Waals surface area contributed by atoms with Crippen molar-refractivity contribution < 1.29 is 0 Å². The average Bonchev–Trinajstić information content (AvgIpc) is 2.33. The third kappa shape index (κ3) is 0.845. The molecule has 2 aromatic heterocycles. The van der Waals surface area contributed by atoms with Gasteiger partial charge in [0, 0.05) is 11.6 Å². The molecule has 0 unspecified atom stereocenters. The van der Waals surface area contributed by atoms with E-state index in [9.17, 15) is 0 Å². The minimum absolute atomic E-state index is 0.755. The number of nitrogens with zero attached hydrogens (tertiary/aromatic N) is 3. The molecule has 0 aliphatic heterocycles. The van der Waals surface area contributed by atoms with Crippen LogP contribution in [0.2, 0.25) is 0 Å². The monoisotopic (exact) mass is 162 g/mol. The number of nitrogen functional groups attached to an aromatic ring is 1. The lowest BCUT2D eigenvalue weighted by Gasteiger charge is -1.98. The van der Waals surface area contributed by atoms with Gasteiger partial charge in [-0.2, -0.15) is 0 Å². The second kappa shape index (κ2) is 2.20. The second-order valence-electron chi connectivity index (χ2n) is 2.82. The van der Waals surface area contributed by atoms with Crippen molar-refractivity contribution in [1.82, 2.24) is 14.6 Å². The van der Waals surface area contributed by atoms with Crippen LogP contribution in [0.4, 0.5) is 0 Å². The molecule has 4 nitrogen and oxygen atoms in total. The van der Waals surface area contributed by atoms with Crippen molar-refractivity contribution in [1.29, 1.82) is 0 Å². The molecule has 2 rings (SSSR count). The Balaban J connectivity index is 2.92. The first-order valence-electron chi connectivity index (χ1n) is 3.76. The number of hydrogen-bond donors (Lipinski definition) is 1. The highest BCUT2D eigenvalue weighted by Gasteiger charge is 2.04. The van der Waals surface area contributed by atoms with Crippen molar-refractivity contribution >= 4 is 11.0 Å². The van der Waals surface area contributed by atoms with Gasteiger partial charge in [-0.3, -0.25) is 4.68 Å². The number of aryl methyl sites for hydroxylation is 2. The number of aromatic nitrogens is 3. The summed E-state index contributed by atoms with van der Waals surface area (Å²) in [5, 5.41) is 1.02. The highest BCUT2D eigenvalue weighted by molar-refractivity contribution is 5.78. The normalized spacial score (nSPS) is 10.8. The second-order valence-corrected chi connectivity index (χ2v) is 2.82. The van der Waals surface area contributed by atoms with E-state index in [0.29, 0.717) is 0 Å². The topological polar surface area (TPSA) is 56.7 Å². The van der Waals surface area contributed by atoms with E-state index in [1.165, 1.54) is 4.68 Å². The summed E-state index contributed by atoms with van der Waals surface area (Å²) in [5.74, 6) is 6.40. The van der Waals surface area contributed by atoms with E-state index in [4.69, 9.17) is 5.84 Å². The van der Waals surface area contributed by atoms with E-state index in [-0.39, 0.29) is 0 Å². The van der Waals surface area contributed by atoms with Crippen molar-refractivity contribution in [2.45, 2.75) is 13.8 Å². The molecule has 0 saturated heterocycles. The molecule has 12 heavy (non-hydrogen) atoms. The molecule has 0 bridgehead atoms. The molecule has 0 atom stereocenters. The summed E-state index contributed by atoms with van der Waals surface area (Å²) in [7, 11) is 0. The molecule has 2 aromatic rings. The van der Waals surface area contributed by atoms with Crippen molar-refractivity contribution in [2.75, 3.05) is 5.84 Å².